The zero-order valence-corrected chi connectivity index (χ0v) is 15.5. The number of carbonyl (C=O) groups is 2. The Morgan fingerprint density at radius 1 is 1.21 bits per heavy atom. The summed E-state index contributed by atoms with van der Waals surface area (Å²) in [6, 6.07) is 16.8. The average Bonchev–Trinajstić information content (AvgIpc) is 3.21. The van der Waals surface area contributed by atoms with Gasteiger partial charge in [-0.15, -0.1) is 0 Å². The van der Waals surface area contributed by atoms with Crippen molar-refractivity contribution in [1.29, 1.82) is 0 Å². The van der Waals surface area contributed by atoms with Gasteiger partial charge in [0, 0.05) is 24.2 Å². The van der Waals surface area contributed by atoms with Gasteiger partial charge >= 0.3 is 0 Å². The Kier molecular flexibility index (Phi) is 6.72. The molecule has 8 heteroatoms. The second-order valence-corrected chi connectivity index (χ2v) is 6.31. The van der Waals surface area contributed by atoms with E-state index in [4.69, 9.17) is 4.74 Å². The molecule has 0 saturated carbocycles. The summed E-state index contributed by atoms with van der Waals surface area (Å²) in [5.41, 5.74) is 10.3. The van der Waals surface area contributed by atoms with Crippen molar-refractivity contribution in [3.63, 3.8) is 0 Å². The number of nitrogens with one attached hydrogen (secondary N) is 4. The van der Waals surface area contributed by atoms with E-state index in [-0.39, 0.29) is 24.4 Å². The monoisotopic (exact) mass is 381 g/mol. The van der Waals surface area contributed by atoms with E-state index in [0.717, 1.165) is 5.56 Å². The molecule has 0 spiro atoms. The summed E-state index contributed by atoms with van der Waals surface area (Å²) in [5.74, 6) is -0.0865. The van der Waals surface area contributed by atoms with Crippen molar-refractivity contribution in [2.24, 2.45) is 11.0 Å². The van der Waals surface area contributed by atoms with Crippen molar-refractivity contribution in [2.45, 2.75) is 6.04 Å². The molecule has 2 unspecified atom stereocenters. The summed E-state index contributed by atoms with van der Waals surface area (Å²) < 4.78 is 5.08. The van der Waals surface area contributed by atoms with E-state index in [0.29, 0.717) is 17.9 Å². The van der Waals surface area contributed by atoms with Crippen LogP contribution in [0.1, 0.15) is 22.0 Å². The number of benzene rings is 2. The van der Waals surface area contributed by atoms with Crippen molar-refractivity contribution in [3.8, 4) is 5.75 Å². The quantitative estimate of drug-likeness (QED) is 0.423. The van der Waals surface area contributed by atoms with Crippen LogP contribution in [0.5, 0.6) is 5.75 Å². The van der Waals surface area contributed by atoms with Crippen LogP contribution in [0.3, 0.4) is 0 Å². The molecule has 0 radical (unpaired) electrons. The molecule has 146 valence electrons. The number of methoxy groups -OCH3 is 1. The average molecular weight is 381 g/mol. The minimum Gasteiger partial charge on any atom is -0.497 e. The number of hydrazine groups is 1. The number of carbonyl (C=O) groups excluding carboxylic acids is 2. The summed E-state index contributed by atoms with van der Waals surface area (Å²) in [5, 5.41) is 6.59. The highest BCUT2D eigenvalue weighted by molar-refractivity contribution is 5.96. The molecule has 2 aromatic rings. The van der Waals surface area contributed by atoms with E-state index in [1.807, 2.05) is 30.3 Å². The van der Waals surface area contributed by atoms with Gasteiger partial charge in [-0.1, -0.05) is 36.4 Å². The summed E-state index contributed by atoms with van der Waals surface area (Å²) in [4.78, 5) is 24.0. The van der Waals surface area contributed by atoms with Crippen LogP contribution in [0.25, 0.3) is 0 Å². The van der Waals surface area contributed by atoms with Gasteiger partial charge in [0.2, 0.25) is 0 Å². The molecular weight excluding hydrogens is 358 g/mol. The Hall–Kier alpha value is -3.23. The van der Waals surface area contributed by atoms with Gasteiger partial charge < -0.3 is 10.1 Å². The molecule has 1 aliphatic rings. The number of ether oxygens (including phenoxy) is 1. The van der Waals surface area contributed by atoms with Crippen LogP contribution in [0.2, 0.25) is 0 Å². The number of nitrogens with zero attached hydrogens (tertiary/aromatic N) is 1. The summed E-state index contributed by atoms with van der Waals surface area (Å²) in [6.45, 7) is 0.530. The molecule has 1 fully saturated rings. The predicted octanol–water partition coefficient (Wildman–Crippen LogP) is 0.992. The van der Waals surface area contributed by atoms with Crippen LogP contribution in [0, 0.1) is 5.92 Å². The summed E-state index contributed by atoms with van der Waals surface area (Å²) >= 11 is 0. The van der Waals surface area contributed by atoms with Crippen molar-refractivity contribution < 1.29 is 14.3 Å². The molecule has 1 saturated heterocycles. The third kappa shape index (κ3) is 5.15. The van der Waals surface area contributed by atoms with E-state index in [9.17, 15) is 9.59 Å². The molecule has 2 atom stereocenters. The molecule has 2 aromatic carbocycles. The molecule has 0 bridgehead atoms. The lowest BCUT2D eigenvalue weighted by atomic mass is 9.96. The van der Waals surface area contributed by atoms with Crippen molar-refractivity contribution in [3.05, 3.63) is 65.7 Å². The number of hydrogen-bond donors (Lipinski definition) is 4. The number of hydrazone groups is 1. The molecule has 1 aliphatic heterocycles. The Morgan fingerprint density at radius 2 is 2.04 bits per heavy atom. The van der Waals surface area contributed by atoms with E-state index >= 15 is 0 Å². The van der Waals surface area contributed by atoms with Gasteiger partial charge in [-0.3, -0.25) is 15.0 Å². The van der Waals surface area contributed by atoms with Crippen LogP contribution >= 0.6 is 0 Å². The molecule has 28 heavy (non-hydrogen) atoms. The first-order valence-corrected chi connectivity index (χ1v) is 8.95. The van der Waals surface area contributed by atoms with E-state index < -0.39 is 5.91 Å². The number of hydrogen-bond acceptors (Lipinski definition) is 6. The van der Waals surface area contributed by atoms with Crippen LogP contribution in [-0.2, 0) is 4.79 Å². The second-order valence-electron chi connectivity index (χ2n) is 6.31. The maximum Gasteiger partial charge on any atom is 0.259 e. The van der Waals surface area contributed by atoms with Crippen LogP contribution in [0.4, 0.5) is 0 Å². The summed E-state index contributed by atoms with van der Waals surface area (Å²) in [6.07, 6.45) is 1.70. The predicted molar refractivity (Wildman–Crippen MR) is 106 cm³/mol. The highest BCUT2D eigenvalue weighted by Gasteiger charge is 2.26. The van der Waals surface area contributed by atoms with Gasteiger partial charge in [0.25, 0.3) is 11.8 Å². The van der Waals surface area contributed by atoms with Crippen molar-refractivity contribution in [2.75, 3.05) is 20.2 Å². The molecule has 3 rings (SSSR count). The van der Waals surface area contributed by atoms with Crippen molar-refractivity contribution >= 4 is 18.0 Å². The fraction of sp³-hybridized carbons (Fsp3) is 0.250. The molecule has 4 N–H and O–H groups in total. The first kappa shape index (κ1) is 19.5. The first-order valence-electron chi connectivity index (χ1n) is 8.95. The van der Waals surface area contributed by atoms with Gasteiger partial charge in [-0.05, 0) is 23.8 Å². The van der Waals surface area contributed by atoms with Gasteiger partial charge in [0.1, 0.15) is 5.75 Å². The lowest BCUT2D eigenvalue weighted by Gasteiger charge is -2.14. The van der Waals surface area contributed by atoms with Gasteiger partial charge in [0.15, 0.2) is 0 Å². The van der Waals surface area contributed by atoms with Gasteiger partial charge in [0.05, 0.1) is 19.7 Å². The Labute approximate surface area is 163 Å². The summed E-state index contributed by atoms with van der Waals surface area (Å²) in [7, 11) is 1.53. The van der Waals surface area contributed by atoms with Gasteiger partial charge in [-0.25, -0.2) is 10.9 Å². The largest absolute Gasteiger partial charge is 0.497 e. The lowest BCUT2D eigenvalue weighted by molar-refractivity contribution is -0.120. The first-order chi connectivity index (χ1) is 13.7. The maximum atomic E-state index is 12.1. The Balaban J connectivity index is 1.46. The second kappa shape index (κ2) is 9.63. The SMILES string of the molecule is COc1cccc(C(=O)NCC(=O)N/N=C/C2CNNC2c2ccccc2)c1. The minimum absolute atomic E-state index is 0.0783. The fourth-order valence-electron chi connectivity index (χ4n) is 2.91. The Bertz CT molecular complexity index is 841. The highest BCUT2D eigenvalue weighted by atomic mass is 16.5. The van der Waals surface area contributed by atoms with Gasteiger partial charge in [-0.2, -0.15) is 5.10 Å². The minimum atomic E-state index is -0.400. The normalized spacial score (nSPS) is 18.8. The molecule has 8 nitrogen and oxygen atoms in total. The molecule has 0 aliphatic carbocycles. The fourth-order valence-corrected chi connectivity index (χ4v) is 2.91. The highest BCUT2D eigenvalue weighted by Crippen LogP contribution is 2.22. The molecule has 0 aromatic heterocycles. The molecule has 1 heterocycles. The maximum absolute atomic E-state index is 12.1. The van der Waals surface area contributed by atoms with E-state index in [1.54, 1.807) is 30.5 Å². The van der Waals surface area contributed by atoms with E-state index in [1.165, 1.54) is 7.11 Å². The third-order valence-corrected chi connectivity index (χ3v) is 4.38. The Morgan fingerprint density at radius 3 is 2.82 bits per heavy atom. The zero-order valence-electron chi connectivity index (χ0n) is 15.5. The number of rotatable bonds is 7. The van der Waals surface area contributed by atoms with Crippen LogP contribution in [0.15, 0.2) is 59.7 Å². The van der Waals surface area contributed by atoms with E-state index in [2.05, 4.69) is 26.7 Å². The number of amides is 2. The molecule has 2 amide bonds. The third-order valence-electron chi connectivity index (χ3n) is 4.38. The van der Waals surface area contributed by atoms with Crippen LogP contribution < -0.4 is 26.3 Å². The standard InChI is InChI=1S/C20H23N5O3/c1-28-17-9-5-8-15(10-17)20(27)21-13-18(26)24-22-11-16-12-23-25-19(16)14-6-3-2-4-7-14/h2-11,16,19,23,25H,12-13H2,1H3,(H,21,27)(H,24,26)/b22-11+. The van der Waals surface area contributed by atoms with Crippen LogP contribution in [-0.4, -0.2) is 38.2 Å². The zero-order chi connectivity index (χ0) is 19.8. The smallest absolute Gasteiger partial charge is 0.259 e. The lowest BCUT2D eigenvalue weighted by Crippen LogP contribution is -2.35. The van der Waals surface area contributed by atoms with Crippen molar-refractivity contribution in [1.82, 2.24) is 21.6 Å². The topological polar surface area (TPSA) is 104 Å². The molecular formula is C20H23N5O3.